The van der Waals surface area contributed by atoms with Crippen molar-refractivity contribution in [3.63, 3.8) is 0 Å². The Hall–Kier alpha value is -1.64. The molecule has 3 heteroatoms. The van der Waals surface area contributed by atoms with E-state index < -0.39 is 5.41 Å². The summed E-state index contributed by atoms with van der Waals surface area (Å²) in [6.45, 7) is 4.49. The molecule has 1 aliphatic carbocycles. The fourth-order valence-corrected chi connectivity index (χ4v) is 2.99. The van der Waals surface area contributed by atoms with Crippen LogP contribution in [0.3, 0.4) is 0 Å². The topological polar surface area (TPSA) is 39.2 Å². The van der Waals surface area contributed by atoms with Crippen LogP contribution in [0.25, 0.3) is 0 Å². The molecule has 1 aromatic heterocycles. The molecule has 2 atom stereocenters. The lowest BCUT2D eigenvalue weighted by Crippen LogP contribution is -2.26. The fourth-order valence-electron chi connectivity index (χ4n) is 2.99. The third-order valence-corrected chi connectivity index (χ3v) is 4.37. The largest absolute Gasteiger partial charge is 0.465 e. The number of rotatable bonds is 9. The number of ether oxygens (including phenoxy) is 1. The van der Waals surface area contributed by atoms with Crippen molar-refractivity contribution in [1.82, 2.24) is 4.98 Å². The van der Waals surface area contributed by atoms with Gasteiger partial charge in [-0.3, -0.25) is 9.78 Å². The van der Waals surface area contributed by atoms with E-state index in [1.807, 2.05) is 25.1 Å². The van der Waals surface area contributed by atoms with Crippen molar-refractivity contribution in [2.45, 2.75) is 57.8 Å². The Kier molecular flexibility index (Phi) is 6.17. The highest BCUT2D eigenvalue weighted by Crippen LogP contribution is 2.55. The summed E-state index contributed by atoms with van der Waals surface area (Å²) in [5.74, 6) is 0.0990. The van der Waals surface area contributed by atoms with Crippen LogP contribution in [0.2, 0.25) is 0 Å². The highest BCUT2D eigenvalue weighted by Gasteiger charge is 2.62. The minimum absolute atomic E-state index is 0.130. The Morgan fingerprint density at radius 2 is 2.23 bits per heavy atom. The minimum atomic E-state index is -0.544. The number of aromatic nitrogens is 1. The van der Waals surface area contributed by atoms with Crippen LogP contribution in [0.15, 0.2) is 36.5 Å². The van der Waals surface area contributed by atoms with Crippen LogP contribution in [0.1, 0.15) is 58.1 Å². The molecule has 1 fully saturated rings. The summed E-state index contributed by atoms with van der Waals surface area (Å²) in [6, 6.07) is 5.75. The van der Waals surface area contributed by atoms with E-state index in [1.54, 1.807) is 6.20 Å². The lowest BCUT2D eigenvalue weighted by molar-refractivity contribution is -0.146. The quantitative estimate of drug-likeness (QED) is 0.385. The van der Waals surface area contributed by atoms with Gasteiger partial charge in [0.1, 0.15) is 5.41 Å². The van der Waals surface area contributed by atoms with Gasteiger partial charge in [-0.05, 0) is 38.3 Å². The molecule has 0 aliphatic heterocycles. The van der Waals surface area contributed by atoms with Gasteiger partial charge in [-0.1, -0.05) is 44.4 Å². The predicted octanol–water partition coefficient (Wildman–Crippen LogP) is 4.43. The van der Waals surface area contributed by atoms with Crippen LogP contribution in [0.5, 0.6) is 0 Å². The van der Waals surface area contributed by atoms with Crippen molar-refractivity contribution >= 4 is 5.97 Å². The van der Waals surface area contributed by atoms with Gasteiger partial charge in [0.2, 0.25) is 0 Å². The summed E-state index contributed by atoms with van der Waals surface area (Å²) in [4.78, 5) is 16.8. The third kappa shape index (κ3) is 3.76. The van der Waals surface area contributed by atoms with Crippen molar-refractivity contribution in [2.24, 2.45) is 5.92 Å². The number of nitrogens with zero attached hydrogens (tertiary/aromatic N) is 1. The zero-order valence-electron chi connectivity index (χ0n) is 13.8. The molecule has 0 saturated heterocycles. The van der Waals surface area contributed by atoms with Crippen molar-refractivity contribution in [3.8, 4) is 0 Å². The number of allylic oxidation sites excluding steroid dienone is 2. The zero-order valence-corrected chi connectivity index (χ0v) is 13.8. The highest BCUT2D eigenvalue weighted by molar-refractivity contribution is 5.87. The maximum atomic E-state index is 12.4. The van der Waals surface area contributed by atoms with Crippen LogP contribution in [-0.2, 0) is 14.9 Å². The molecule has 3 nitrogen and oxygen atoms in total. The van der Waals surface area contributed by atoms with E-state index in [-0.39, 0.29) is 11.9 Å². The average Bonchev–Trinajstić information content (AvgIpc) is 3.27. The molecule has 1 aromatic rings. The first-order valence-electron chi connectivity index (χ1n) is 8.51. The van der Waals surface area contributed by atoms with Crippen LogP contribution in [-0.4, -0.2) is 17.6 Å². The average molecular weight is 301 g/mol. The second-order valence-corrected chi connectivity index (χ2v) is 5.99. The van der Waals surface area contributed by atoms with E-state index in [0.717, 1.165) is 18.5 Å². The highest BCUT2D eigenvalue weighted by atomic mass is 16.5. The van der Waals surface area contributed by atoms with Gasteiger partial charge in [0.15, 0.2) is 0 Å². The first kappa shape index (κ1) is 16.7. The summed E-state index contributed by atoms with van der Waals surface area (Å²) < 4.78 is 5.30. The number of hydrogen-bond donors (Lipinski definition) is 0. The molecule has 1 heterocycles. The lowest BCUT2D eigenvalue weighted by Gasteiger charge is -2.14. The van der Waals surface area contributed by atoms with Crippen LogP contribution < -0.4 is 0 Å². The second-order valence-electron chi connectivity index (χ2n) is 5.99. The van der Waals surface area contributed by atoms with Crippen molar-refractivity contribution in [1.29, 1.82) is 0 Å². The zero-order chi connectivity index (χ0) is 15.8. The van der Waals surface area contributed by atoms with Crippen LogP contribution in [0.4, 0.5) is 0 Å². The number of hydrogen-bond acceptors (Lipinski definition) is 3. The normalized spacial score (nSPS) is 23.6. The minimum Gasteiger partial charge on any atom is -0.465 e. The lowest BCUT2D eigenvalue weighted by atomic mass is 9.98. The fraction of sp³-hybridized carbons (Fsp3) is 0.579. The molecule has 1 aliphatic rings. The van der Waals surface area contributed by atoms with E-state index >= 15 is 0 Å². The summed E-state index contributed by atoms with van der Waals surface area (Å²) in [6.07, 6.45) is 13.2. The number of pyridine rings is 1. The molecule has 2 rings (SSSR count). The molecule has 0 radical (unpaired) electrons. The smallest absolute Gasteiger partial charge is 0.318 e. The molecule has 2 unspecified atom stereocenters. The van der Waals surface area contributed by atoms with E-state index in [0.29, 0.717) is 6.61 Å². The Morgan fingerprint density at radius 3 is 2.91 bits per heavy atom. The maximum Gasteiger partial charge on any atom is 0.318 e. The monoisotopic (exact) mass is 301 g/mol. The van der Waals surface area contributed by atoms with Gasteiger partial charge in [0.05, 0.1) is 12.3 Å². The number of unbranched alkanes of at least 4 members (excludes halogenated alkanes) is 4. The van der Waals surface area contributed by atoms with E-state index in [1.165, 1.54) is 25.7 Å². The van der Waals surface area contributed by atoms with Gasteiger partial charge in [0.25, 0.3) is 0 Å². The maximum absolute atomic E-state index is 12.4. The van der Waals surface area contributed by atoms with E-state index in [4.69, 9.17) is 4.74 Å². The van der Waals surface area contributed by atoms with Gasteiger partial charge in [-0.2, -0.15) is 0 Å². The van der Waals surface area contributed by atoms with Crippen LogP contribution in [0, 0.1) is 5.92 Å². The summed E-state index contributed by atoms with van der Waals surface area (Å²) in [5, 5.41) is 0. The molecular formula is C19H27NO2. The molecule has 0 N–H and O–H groups in total. The number of carbonyl (C=O) groups excluding carboxylic acids is 1. The van der Waals surface area contributed by atoms with Crippen molar-refractivity contribution in [2.75, 3.05) is 6.61 Å². The third-order valence-electron chi connectivity index (χ3n) is 4.37. The molecule has 0 amide bonds. The summed E-state index contributed by atoms with van der Waals surface area (Å²) in [7, 11) is 0. The van der Waals surface area contributed by atoms with Crippen LogP contribution >= 0.6 is 0 Å². The van der Waals surface area contributed by atoms with E-state index in [2.05, 4.69) is 24.1 Å². The Labute approximate surface area is 133 Å². The van der Waals surface area contributed by atoms with Gasteiger partial charge >= 0.3 is 5.97 Å². The molecule has 0 bridgehead atoms. The molecule has 0 aromatic carbocycles. The van der Waals surface area contributed by atoms with Gasteiger partial charge in [-0.25, -0.2) is 0 Å². The molecule has 120 valence electrons. The molecule has 0 spiro atoms. The second kappa shape index (κ2) is 8.11. The Morgan fingerprint density at radius 1 is 1.36 bits per heavy atom. The van der Waals surface area contributed by atoms with Crippen molar-refractivity contribution < 1.29 is 9.53 Å². The molecule has 22 heavy (non-hydrogen) atoms. The van der Waals surface area contributed by atoms with Gasteiger partial charge in [-0.15, -0.1) is 0 Å². The SMILES string of the molecule is CCCCCC/C=C/C1CC1(C(=O)OCC)c1ccccn1. The first-order valence-corrected chi connectivity index (χ1v) is 8.51. The number of carbonyl (C=O) groups is 1. The molecule has 1 saturated carbocycles. The van der Waals surface area contributed by atoms with Gasteiger partial charge < -0.3 is 4.74 Å². The Bertz CT molecular complexity index is 497. The molecular weight excluding hydrogens is 274 g/mol. The van der Waals surface area contributed by atoms with E-state index in [9.17, 15) is 4.79 Å². The number of esters is 1. The van der Waals surface area contributed by atoms with Gasteiger partial charge in [0, 0.05) is 12.1 Å². The predicted molar refractivity (Wildman–Crippen MR) is 88.6 cm³/mol. The standard InChI is InChI=1S/C19H27NO2/c1-3-5-6-7-8-9-12-16-15-19(16,18(21)22-4-2)17-13-10-11-14-20-17/h9-14,16H,3-8,15H2,1-2H3/b12-9+. The van der Waals surface area contributed by atoms with Crippen molar-refractivity contribution in [3.05, 3.63) is 42.2 Å². The summed E-state index contributed by atoms with van der Waals surface area (Å²) >= 11 is 0. The first-order chi connectivity index (χ1) is 10.8. The summed E-state index contributed by atoms with van der Waals surface area (Å²) in [5.41, 5.74) is 0.297. The Balaban J connectivity index is 1.98.